The number of aromatic nitrogens is 1. The zero-order chi connectivity index (χ0) is 23.6. The second kappa shape index (κ2) is 8.87. The van der Waals surface area contributed by atoms with Crippen molar-refractivity contribution in [2.75, 3.05) is 17.2 Å². The van der Waals surface area contributed by atoms with E-state index in [-0.39, 0.29) is 46.6 Å². The zero-order valence-electron chi connectivity index (χ0n) is 16.7. The number of carbonyl (C=O) groups excluding carboxylic acids is 1. The maximum atomic E-state index is 13.9. The van der Waals surface area contributed by atoms with Crippen molar-refractivity contribution in [3.63, 3.8) is 0 Å². The van der Waals surface area contributed by atoms with Gasteiger partial charge in [-0.3, -0.25) is 0 Å². The standard InChI is InChI=1S/C22H16ClF4N3O3/c23-13-7-8-16(15(24)12-13)29-20(31)30-17-5-3-10-28-19(17)33-18-6-2-1-4-14(18)21(9-11-32-21)22(25,26)27/h1-8,10,12H,9,11H2,(H2,29,30,31). The van der Waals surface area contributed by atoms with Gasteiger partial charge in [0.2, 0.25) is 5.88 Å². The van der Waals surface area contributed by atoms with E-state index in [9.17, 15) is 22.4 Å². The molecule has 172 valence electrons. The van der Waals surface area contributed by atoms with Crippen LogP contribution in [-0.4, -0.2) is 23.8 Å². The highest BCUT2D eigenvalue weighted by Gasteiger charge is 2.62. The number of pyridine rings is 1. The smallest absolute Gasteiger partial charge is 0.421 e. The second-order valence-electron chi connectivity index (χ2n) is 7.08. The van der Waals surface area contributed by atoms with E-state index >= 15 is 0 Å². The second-order valence-corrected chi connectivity index (χ2v) is 7.52. The predicted molar refractivity (Wildman–Crippen MR) is 113 cm³/mol. The van der Waals surface area contributed by atoms with Crippen LogP contribution in [0, 0.1) is 5.82 Å². The van der Waals surface area contributed by atoms with Crippen molar-refractivity contribution < 1.29 is 31.8 Å². The molecule has 3 aromatic rings. The molecule has 2 aromatic carbocycles. The Balaban J connectivity index is 1.58. The normalized spacial score (nSPS) is 17.7. The molecule has 1 atom stereocenters. The van der Waals surface area contributed by atoms with Crippen molar-refractivity contribution in [3.8, 4) is 11.6 Å². The van der Waals surface area contributed by atoms with Crippen molar-refractivity contribution in [1.82, 2.24) is 4.98 Å². The lowest BCUT2D eigenvalue weighted by molar-refractivity contribution is -0.333. The average molecular weight is 482 g/mol. The van der Waals surface area contributed by atoms with Crippen LogP contribution in [0.15, 0.2) is 60.8 Å². The third-order valence-electron chi connectivity index (χ3n) is 4.99. The first-order chi connectivity index (χ1) is 15.7. The number of rotatable bonds is 5. The molecule has 0 saturated carbocycles. The minimum atomic E-state index is -4.65. The van der Waals surface area contributed by atoms with Gasteiger partial charge in [0, 0.05) is 23.2 Å². The maximum Gasteiger partial charge on any atom is 0.421 e. The number of halogens is 5. The highest BCUT2D eigenvalue weighted by atomic mass is 35.5. The van der Waals surface area contributed by atoms with Crippen molar-refractivity contribution in [1.29, 1.82) is 0 Å². The number of carbonyl (C=O) groups is 1. The number of benzene rings is 2. The molecule has 2 amide bonds. The van der Waals surface area contributed by atoms with Gasteiger partial charge in [-0.1, -0.05) is 29.8 Å². The van der Waals surface area contributed by atoms with Gasteiger partial charge in [0.05, 0.1) is 12.3 Å². The van der Waals surface area contributed by atoms with Gasteiger partial charge in [0.25, 0.3) is 0 Å². The highest BCUT2D eigenvalue weighted by molar-refractivity contribution is 6.30. The monoisotopic (exact) mass is 481 g/mol. The Kier molecular flexibility index (Phi) is 6.13. The van der Waals surface area contributed by atoms with Gasteiger partial charge in [-0.2, -0.15) is 13.2 Å². The van der Waals surface area contributed by atoms with E-state index in [1.807, 2.05) is 0 Å². The summed E-state index contributed by atoms with van der Waals surface area (Å²) < 4.78 is 65.9. The molecular formula is C22H16ClF4N3O3. The molecule has 4 rings (SSSR count). The van der Waals surface area contributed by atoms with Crippen LogP contribution in [0.4, 0.5) is 33.7 Å². The van der Waals surface area contributed by atoms with Crippen LogP contribution in [-0.2, 0) is 10.3 Å². The molecule has 1 aliphatic rings. The maximum absolute atomic E-state index is 13.9. The minimum absolute atomic E-state index is 0.0360. The Bertz CT molecular complexity index is 1190. The van der Waals surface area contributed by atoms with Crippen molar-refractivity contribution in [2.24, 2.45) is 0 Å². The molecule has 0 bridgehead atoms. The number of ether oxygens (including phenoxy) is 2. The molecule has 6 nitrogen and oxygen atoms in total. The van der Waals surface area contributed by atoms with Crippen molar-refractivity contribution >= 4 is 29.0 Å². The number of amides is 2. The minimum Gasteiger partial charge on any atom is -0.437 e. The third-order valence-corrected chi connectivity index (χ3v) is 5.22. The molecule has 0 aliphatic carbocycles. The topological polar surface area (TPSA) is 72.5 Å². The fourth-order valence-electron chi connectivity index (χ4n) is 3.32. The van der Waals surface area contributed by atoms with E-state index in [1.165, 1.54) is 54.7 Å². The average Bonchev–Trinajstić information content (AvgIpc) is 2.71. The molecule has 2 N–H and O–H groups in total. The van der Waals surface area contributed by atoms with Gasteiger partial charge in [0.15, 0.2) is 5.60 Å². The molecule has 0 spiro atoms. The summed E-state index contributed by atoms with van der Waals surface area (Å²) in [7, 11) is 0. The molecule has 1 fully saturated rings. The summed E-state index contributed by atoms with van der Waals surface area (Å²) in [5, 5.41) is 4.92. The number of nitrogens with zero attached hydrogens (tertiary/aromatic N) is 1. The van der Waals surface area contributed by atoms with Crippen LogP contribution in [0.3, 0.4) is 0 Å². The lowest BCUT2D eigenvalue weighted by atomic mass is 9.85. The number of hydrogen-bond acceptors (Lipinski definition) is 4. The number of para-hydroxylation sites is 1. The van der Waals surface area contributed by atoms with Crippen LogP contribution in [0.5, 0.6) is 11.6 Å². The lowest BCUT2D eigenvalue weighted by Crippen LogP contribution is -2.52. The number of nitrogens with one attached hydrogen (secondary N) is 2. The van der Waals surface area contributed by atoms with E-state index in [4.69, 9.17) is 21.1 Å². The first kappa shape index (κ1) is 22.8. The summed E-state index contributed by atoms with van der Waals surface area (Å²) in [5.41, 5.74) is -2.75. The van der Waals surface area contributed by atoms with Gasteiger partial charge < -0.3 is 20.1 Å². The van der Waals surface area contributed by atoms with E-state index in [2.05, 4.69) is 15.6 Å². The SMILES string of the molecule is O=C(Nc1ccc(Cl)cc1F)Nc1cccnc1Oc1ccccc1C1(C(F)(F)F)CCO1. The first-order valence-electron chi connectivity index (χ1n) is 9.66. The molecule has 11 heteroatoms. The molecular weight excluding hydrogens is 466 g/mol. The highest BCUT2D eigenvalue weighted by Crippen LogP contribution is 2.53. The van der Waals surface area contributed by atoms with E-state index in [1.54, 1.807) is 0 Å². The van der Waals surface area contributed by atoms with Crippen LogP contribution in [0.2, 0.25) is 5.02 Å². The van der Waals surface area contributed by atoms with Gasteiger partial charge in [-0.25, -0.2) is 14.2 Å². The van der Waals surface area contributed by atoms with Gasteiger partial charge in [-0.15, -0.1) is 0 Å². The van der Waals surface area contributed by atoms with Crippen molar-refractivity contribution in [3.05, 3.63) is 77.2 Å². The molecule has 0 radical (unpaired) electrons. The summed E-state index contributed by atoms with van der Waals surface area (Å²) >= 11 is 5.70. The summed E-state index contributed by atoms with van der Waals surface area (Å²) in [6.45, 7) is -0.0360. The summed E-state index contributed by atoms with van der Waals surface area (Å²) in [6, 6.07) is 11.4. The van der Waals surface area contributed by atoms with Crippen LogP contribution in [0.25, 0.3) is 0 Å². The molecule has 1 unspecified atom stereocenters. The largest absolute Gasteiger partial charge is 0.437 e. The Hall–Kier alpha value is -3.37. The van der Waals surface area contributed by atoms with E-state index in [0.717, 1.165) is 6.07 Å². The summed E-state index contributed by atoms with van der Waals surface area (Å²) in [5.74, 6) is -1.03. The molecule has 1 saturated heterocycles. The van der Waals surface area contributed by atoms with Crippen LogP contribution < -0.4 is 15.4 Å². The third kappa shape index (κ3) is 4.57. The van der Waals surface area contributed by atoms with Crippen LogP contribution >= 0.6 is 11.6 Å². The number of hydrogen-bond donors (Lipinski definition) is 2. The molecule has 33 heavy (non-hydrogen) atoms. The fourth-order valence-corrected chi connectivity index (χ4v) is 3.48. The lowest BCUT2D eigenvalue weighted by Gasteiger charge is -2.43. The summed E-state index contributed by atoms with van der Waals surface area (Å²) in [4.78, 5) is 16.4. The van der Waals surface area contributed by atoms with Crippen molar-refractivity contribution in [2.45, 2.75) is 18.2 Å². The first-order valence-corrected chi connectivity index (χ1v) is 10.0. The van der Waals surface area contributed by atoms with Gasteiger partial charge >= 0.3 is 12.2 Å². The molecule has 1 aromatic heterocycles. The van der Waals surface area contributed by atoms with Crippen LogP contribution in [0.1, 0.15) is 12.0 Å². The Morgan fingerprint density at radius 1 is 1.09 bits per heavy atom. The number of alkyl halides is 3. The Morgan fingerprint density at radius 2 is 1.82 bits per heavy atom. The van der Waals surface area contributed by atoms with Gasteiger partial charge in [-0.05, 0) is 36.4 Å². The molecule has 1 aliphatic heterocycles. The molecule has 2 heterocycles. The zero-order valence-corrected chi connectivity index (χ0v) is 17.5. The number of urea groups is 1. The quantitative estimate of drug-likeness (QED) is 0.409. The van der Waals surface area contributed by atoms with E-state index in [0.29, 0.717) is 0 Å². The fraction of sp³-hybridized carbons (Fsp3) is 0.182. The Morgan fingerprint density at radius 3 is 2.48 bits per heavy atom. The number of anilines is 2. The predicted octanol–water partition coefficient (Wildman–Crippen LogP) is 6.49. The van der Waals surface area contributed by atoms with E-state index < -0.39 is 23.6 Å². The van der Waals surface area contributed by atoms with Gasteiger partial charge in [0.1, 0.15) is 17.3 Å². The summed E-state index contributed by atoms with van der Waals surface area (Å²) in [6.07, 6.45) is -3.56. The Labute approximate surface area is 190 Å².